The number of nitrogens with one attached hydrogen (secondary N) is 1. The smallest absolute Gasteiger partial charge is 0.0961 e. The minimum absolute atomic E-state index is 0.341. The van der Waals surface area contributed by atoms with Gasteiger partial charge in [-0.25, -0.2) is 0 Å². The molecule has 0 aromatic carbocycles. The van der Waals surface area contributed by atoms with Crippen LogP contribution in [0.5, 0.6) is 0 Å². The second-order valence-electron chi connectivity index (χ2n) is 4.16. The first kappa shape index (κ1) is 11.4. The molecule has 84 valence electrons. The maximum absolute atomic E-state index is 10.2. The zero-order valence-corrected chi connectivity index (χ0v) is 10.4. The molecule has 4 heteroatoms. The summed E-state index contributed by atoms with van der Waals surface area (Å²) in [4.78, 5) is 1.01. The molecule has 1 saturated heterocycles. The molecule has 2 atom stereocenters. The van der Waals surface area contributed by atoms with E-state index in [0.717, 1.165) is 40.7 Å². The number of halogens is 1. The van der Waals surface area contributed by atoms with Crippen molar-refractivity contribution in [2.75, 3.05) is 13.1 Å². The van der Waals surface area contributed by atoms with Crippen molar-refractivity contribution in [1.29, 1.82) is 0 Å². The fourth-order valence-electron chi connectivity index (χ4n) is 2.01. The van der Waals surface area contributed by atoms with Crippen molar-refractivity contribution in [3.05, 3.63) is 20.8 Å². The molecule has 1 aromatic heterocycles. The average molecular weight is 246 g/mol. The van der Waals surface area contributed by atoms with Crippen LogP contribution >= 0.6 is 22.9 Å². The van der Waals surface area contributed by atoms with Gasteiger partial charge < -0.3 is 10.4 Å². The van der Waals surface area contributed by atoms with Crippen LogP contribution in [0.3, 0.4) is 0 Å². The van der Waals surface area contributed by atoms with Crippen molar-refractivity contribution in [2.24, 2.45) is 5.92 Å². The predicted molar refractivity (Wildman–Crippen MR) is 64.6 cm³/mol. The summed E-state index contributed by atoms with van der Waals surface area (Å²) < 4.78 is 0.799. The SMILES string of the molecule is Cc1cc(C(O)C2CCCNC2)sc1Cl. The van der Waals surface area contributed by atoms with Crippen LogP contribution in [0.2, 0.25) is 4.34 Å². The molecule has 0 spiro atoms. The van der Waals surface area contributed by atoms with Crippen LogP contribution in [0, 0.1) is 12.8 Å². The van der Waals surface area contributed by atoms with Crippen molar-refractivity contribution < 1.29 is 5.11 Å². The number of piperidine rings is 1. The number of hydrogen-bond donors (Lipinski definition) is 2. The van der Waals surface area contributed by atoms with Crippen LogP contribution in [0.15, 0.2) is 6.07 Å². The Morgan fingerprint density at radius 1 is 1.67 bits per heavy atom. The van der Waals surface area contributed by atoms with E-state index in [0.29, 0.717) is 5.92 Å². The maximum atomic E-state index is 10.2. The Kier molecular flexibility index (Phi) is 3.67. The van der Waals surface area contributed by atoms with E-state index in [1.165, 1.54) is 11.3 Å². The van der Waals surface area contributed by atoms with Crippen molar-refractivity contribution in [1.82, 2.24) is 5.32 Å². The minimum atomic E-state index is -0.353. The van der Waals surface area contributed by atoms with Crippen LogP contribution < -0.4 is 5.32 Å². The molecule has 1 aromatic rings. The fraction of sp³-hybridized carbons (Fsp3) is 0.636. The van der Waals surface area contributed by atoms with Gasteiger partial charge in [0.25, 0.3) is 0 Å². The van der Waals surface area contributed by atoms with Crippen molar-refractivity contribution in [2.45, 2.75) is 25.9 Å². The van der Waals surface area contributed by atoms with Crippen LogP contribution in [-0.2, 0) is 0 Å². The Balaban J connectivity index is 2.08. The molecule has 1 fully saturated rings. The van der Waals surface area contributed by atoms with Gasteiger partial charge in [-0.3, -0.25) is 0 Å². The van der Waals surface area contributed by atoms with E-state index < -0.39 is 0 Å². The molecule has 15 heavy (non-hydrogen) atoms. The summed E-state index contributed by atoms with van der Waals surface area (Å²) in [5.74, 6) is 0.341. The van der Waals surface area contributed by atoms with Crippen LogP contribution in [0.1, 0.15) is 29.4 Å². The van der Waals surface area contributed by atoms with Crippen LogP contribution in [0.25, 0.3) is 0 Å². The number of thiophene rings is 1. The average Bonchev–Trinajstić information content (AvgIpc) is 2.59. The molecule has 2 N–H and O–H groups in total. The van der Waals surface area contributed by atoms with Gasteiger partial charge in [0.2, 0.25) is 0 Å². The molecular weight excluding hydrogens is 230 g/mol. The van der Waals surface area contributed by atoms with Gasteiger partial charge in [0, 0.05) is 17.3 Å². The van der Waals surface area contributed by atoms with Crippen LogP contribution in [0.4, 0.5) is 0 Å². The highest BCUT2D eigenvalue weighted by atomic mass is 35.5. The van der Waals surface area contributed by atoms with E-state index >= 15 is 0 Å². The third-order valence-corrected chi connectivity index (χ3v) is 4.58. The van der Waals surface area contributed by atoms with Gasteiger partial charge in [0.1, 0.15) is 0 Å². The number of aliphatic hydroxyl groups is 1. The van der Waals surface area contributed by atoms with Gasteiger partial charge in [-0.2, -0.15) is 0 Å². The van der Waals surface area contributed by atoms with E-state index in [9.17, 15) is 5.11 Å². The lowest BCUT2D eigenvalue weighted by molar-refractivity contribution is 0.0953. The molecule has 0 saturated carbocycles. The monoisotopic (exact) mass is 245 g/mol. The predicted octanol–water partition coefficient (Wildman–Crippen LogP) is 2.74. The molecule has 1 aliphatic rings. The Bertz CT molecular complexity index is 314. The summed E-state index contributed by atoms with van der Waals surface area (Å²) in [6.45, 7) is 3.97. The highest BCUT2D eigenvalue weighted by Crippen LogP contribution is 2.35. The second-order valence-corrected chi connectivity index (χ2v) is 5.84. The Morgan fingerprint density at radius 3 is 3.00 bits per heavy atom. The minimum Gasteiger partial charge on any atom is -0.387 e. The van der Waals surface area contributed by atoms with Gasteiger partial charge in [-0.05, 0) is 37.9 Å². The number of aryl methyl sites for hydroxylation is 1. The third-order valence-electron chi connectivity index (χ3n) is 2.95. The lowest BCUT2D eigenvalue weighted by atomic mass is 9.93. The van der Waals surface area contributed by atoms with E-state index in [2.05, 4.69) is 5.32 Å². The molecule has 1 aliphatic heterocycles. The van der Waals surface area contributed by atoms with E-state index in [1.54, 1.807) is 0 Å². The van der Waals surface area contributed by atoms with Crippen LogP contribution in [-0.4, -0.2) is 18.2 Å². The highest BCUT2D eigenvalue weighted by Gasteiger charge is 2.24. The third kappa shape index (κ3) is 2.53. The molecule has 0 radical (unpaired) electrons. The molecule has 0 amide bonds. The van der Waals surface area contributed by atoms with E-state index in [-0.39, 0.29) is 6.10 Å². The highest BCUT2D eigenvalue weighted by molar-refractivity contribution is 7.16. The molecule has 2 heterocycles. The first-order valence-corrected chi connectivity index (χ1v) is 6.52. The first-order valence-electron chi connectivity index (χ1n) is 5.33. The lowest BCUT2D eigenvalue weighted by Crippen LogP contribution is -2.33. The summed E-state index contributed by atoms with van der Waals surface area (Å²) >= 11 is 7.51. The second kappa shape index (κ2) is 4.83. The Hall–Kier alpha value is -0.0900. The van der Waals surface area contributed by atoms with Crippen molar-refractivity contribution in [3.63, 3.8) is 0 Å². The van der Waals surface area contributed by atoms with Gasteiger partial charge in [0.05, 0.1) is 10.4 Å². The number of rotatable bonds is 2. The molecule has 2 rings (SSSR count). The van der Waals surface area contributed by atoms with E-state index in [4.69, 9.17) is 11.6 Å². The van der Waals surface area contributed by atoms with Gasteiger partial charge >= 0.3 is 0 Å². The molecule has 0 bridgehead atoms. The quantitative estimate of drug-likeness (QED) is 0.840. The zero-order chi connectivity index (χ0) is 10.8. The largest absolute Gasteiger partial charge is 0.387 e. The molecular formula is C11H16ClNOS. The summed E-state index contributed by atoms with van der Waals surface area (Å²) in [5, 5.41) is 13.5. The molecule has 2 nitrogen and oxygen atoms in total. The number of aliphatic hydroxyl groups excluding tert-OH is 1. The zero-order valence-electron chi connectivity index (χ0n) is 8.79. The molecule has 0 aliphatic carbocycles. The van der Waals surface area contributed by atoms with Gasteiger partial charge in [0.15, 0.2) is 0 Å². The standard InChI is InChI=1S/C11H16ClNOS/c1-7-5-9(15-11(7)12)10(14)8-3-2-4-13-6-8/h5,8,10,13-14H,2-4,6H2,1H3. The normalized spacial score (nSPS) is 24.1. The maximum Gasteiger partial charge on any atom is 0.0961 e. The summed E-state index contributed by atoms with van der Waals surface area (Å²) in [5.41, 5.74) is 1.07. The first-order chi connectivity index (χ1) is 7.18. The lowest BCUT2D eigenvalue weighted by Gasteiger charge is -2.26. The summed E-state index contributed by atoms with van der Waals surface area (Å²) in [6.07, 6.45) is 1.90. The topological polar surface area (TPSA) is 32.3 Å². The fourth-order valence-corrected chi connectivity index (χ4v) is 3.31. The van der Waals surface area contributed by atoms with Gasteiger partial charge in [-0.1, -0.05) is 11.6 Å². The Morgan fingerprint density at radius 2 is 2.47 bits per heavy atom. The van der Waals surface area contributed by atoms with Crippen molar-refractivity contribution in [3.8, 4) is 0 Å². The summed E-state index contributed by atoms with van der Waals surface area (Å²) in [7, 11) is 0. The van der Waals surface area contributed by atoms with Gasteiger partial charge in [-0.15, -0.1) is 11.3 Å². The van der Waals surface area contributed by atoms with Crippen molar-refractivity contribution >= 4 is 22.9 Å². The summed E-state index contributed by atoms with van der Waals surface area (Å²) in [6, 6.07) is 2.01. The number of hydrogen-bond acceptors (Lipinski definition) is 3. The Labute approximate surface area is 99.3 Å². The molecule has 2 unspecified atom stereocenters. The van der Waals surface area contributed by atoms with E-state index in [1.807, 2.05) is 13.0 Å².